The number of carbonyl (C=O) groups excluding carboxylic acids is 1. The minimum Gasteiger partial charge on any atom is -0.461 e. The van der Waals surface area contributed by atoms with Gasteiger partial charge in [-0.2, -0.15) is 0 Å². The topological polar surface area (TPSA) is 117 Å². The van der Waals surface area contributed by atoms with E-state index in [0.717, 1.165) is 12.0 Å². The van der Waals surface area contributed by atoms with Gasteiger partial charge >= 0.3 is 5.97 Å². The molecule has 0 aliphatic heterocycles. The highest BCUT2D eigenvalue weighted by molar-refractivity contribution is 5.88. The lowest BCUT2D eigenvalue weighted by molar-refractivity contribution is 0.0493. The summed E-state index contributed by atoms with van der Waals surface area (Å²) in [7, 11) is 0. The molecule has 7 nitrogen and oxygen atoms in total. The quantitative estimate of drug-likeness (QED) is 0.492. The third-order valence-electron chi connectivity index (χ3n) is 2.57. The number of benzene rings is 1. The fraction of sp³-hybridized carbons (Fsp3) is 0.214. The third kappa shape index (κ3) is 3.82. The average molecular weight is 288 g/mol. The number of guanidine groups is 1. The van der Waals surface area contributed by atoms with Crippen molar-refractivity contribution in [2.75, 3.05) is 6.61 Å². The molecule has 2 rings (SSSR count). The van der Waals surface area contributed by atoms with Crippen molar-refractivity contribution in [2.45, 2.75) is 13.3 Å². The predicted octanol–water partition coefficient (Wildman–Crippen LogP) is 1.81. The number of nitrogens with zero attached hydrogens (tertiary/aromatic N) is 2. The Morgan fingerprint density at radius 1 is 1.33 bits per heavy atom. The second-order valence-corrected chi connectivity index (χ2v) is 4.30. The molecule has 0 amide bonds. The van der Waals surface area contributed by atoms with Crippen LogP contribution in [0.2, 0.25) is 0 Å². The van der Waals surface area contributed by atoms with E-state index in [9.17, 15) is 4.79 Å². The lowest BCUT2D eigenvalue weighted by Gasteiger charge is -1.98. The molecule has 0 saturated heterocycles. The van der Waals surface area contributed by atoms with Gasteiger partial charge in [-0.05, 0) is 30.7 Å². The van der Waals surface area contributed by atoms with E-state index in [0.29, 0.717) is 18.1 Å². The van der Waals surface area contributed by atoms with Crippen molar-refractivity contribution >= 4 is 17.6 Å². The van der Waals surface area contributed by atoms with Crippen molar-refractivity contribution in [3.05, 3.63) is 36.0 Å². The zero-order chi connectivity index (χ0) is 15.2. The van der Waals surface area contributed by atoms with E-state index < -0.39 is 5.97 Å². The summed E-state index contributed by atoms with van der Waals surface area (Å²) in [4.78, 5) is 15.5. The van der Waals surface area contributed by atoms with Gasteiger partial charge < -0.3 is 20.7 Å². The highest BCUT2D eigenvalue weighted by Gasteiger charge is 2.14. The van der Waals surface area contributed by atoms with Gasteiger partial charge in [0.15, 0.2) is 17.4 Å². The molecule has 0 fully saturated rings. The van der Waals surface area contributed by atoms with Crippen LogP contribution >= 0.6 is 0 Å². The molecule has 0 saturated carbocycles. The van der Waals surface area contributed by atoms with Crippen molar-refractivity contribution in [3.63, 3.8) is 0 Å². The van der Waals surface area contributed by atoms with Crippen molar-refractivity contribution in [2.24, 2.45) is 16.5 Å². The van der Waals surface area contributed by atoms with Crippen LogP contribution in [-0.4, -0.2) is 23.7 Å². The van der Waals surface area contributed by atoms with Crippen molar-refractivity contribution < 1.29 is 14.1 Å². The van der Waals surface area contributed by atoms with Gasteiger partial charge in [0, 0.05) is 11.6 Å². The molecular formula is C14H16N4O3. The van der Waals surface area contributed by atoms with Gasteiger partial charge in [-0.25, -0.2) is 9.79 Å². The molecule has 2 aromatic rings. The second kappa shape index (κ2) is 6.56. The summed E-state index contributed by atoms with van der Waals surface area (Å²) in [5.41, 5.74) is 12.1. The summed E-state index contributed by atoms with van der Waals surface area (Å²) in [5.74, 6) is -0.0398. The Morgan fingerprint density at radius 2 is 2.05 bits per heavy atom. The van der Waals surface area contributed by atoms with Crippen LogP contribution in [0.4, 0.5) is 5.69 Å². The summed E-state index contributed by atoms with van der Waals surface area (Å²) in [6.07, 6.45) is 0.753. The Bertz CT molecular complexity index is 642. The molecule has 7 heteroatoms. The Morgan fingerprint density at radius 3 is 2.67 bits per heavy atom. The second-order valence-electron chi connectivity index (χ2n) is 4.30. The first kappa shape index (κ1) is 14.6. The monoisotopic (exact) mass is 288 g/mol. The number of hydrogen-bond donors (Lipinski definition) is 2. The highest BCUT2D eigenvalue weighted by atomic mass is 16.5. The van der Waals surface area contributed by atoms with E-state index >= 15 is 0 Å². The smallest absolute Gasteiger partial charge is 0.360 e. The molecule has 0 aliphatic rings. The molecule has 1 aromatic heterocycles. The minimum absolute atomic E-state index is 0.0108. The van der Waals surface area contributed by atoms with Crippen molar-refractivity contribution in [1.29, 1.82) is 0 Å². The number of aliphatic imine (C=N–C) groups is 1. The van der Waals surface area contributed by atoms with Crippen LogP contribution in [0.25, 0.3) is 11.3 Å². The van der Waals surface area contributed by atoms with Gasteiger partial charge in [0.1, 0.15) is 0 Å². The molecule has 0 bridgehead atoms. The van der Waals surface area contributed by atoms with Crippen molar-refractivity contribution in [3.8, 4) is 11.3 Å². The number of carbonyl (C=O) groups is 1. The summed E-state index contributed by atoms with van der Waals surface area (Å²) in [6, 6.07) is 8.53. The third-order valence-corrected chi connectivity index (χ3v) is 2.57. The van der Waals surface area contributed by atoms with E-state index in [1.54, 1.807) is 24.3 Å². The van der Waals surface area contributed by atoms with E-state index in [1.165, 1.54) is 6.07 Å². The first-order chi connectivity index (χ1) is 10.1. The highest BCUT2D eigenvalue weighted by Crippen LogP contribution is 2.23. The van der Waals surface area contributed by atoms with E-state index in [-0.39, 0.29) is 11.7 Å². The van der Waals surface area contributed by atoms with Crippen LogP contribution in [0.15, 0.2) is 39.8 Å². The van der Waals surface area contributed by atoms with Gasteiger partial charge in [-0.15, -0.1) is 0 Å². The molecule has 4 N–H and O–H groups in total. The molecule has 0 spiro atoms. The summed E-state index contributed by atoms with van der Waals surface area (Å²) in [5, 5.41) is 3.70. The Labute approximate surface area is 121 Å². The molecule has 0 unspecified atom stereocenters. The van der Waals surface area contributed by atoms with Gasteiger partial charge in [0.25, 0.3) is 0 Å². The van der Waals surface area contributed by atoms with E-state index in [1.807, 2.05) is 6.92 Å². The van der Waals surface area contributed by atoms with Crippen LogP contribution in [0.5, 0.6) is 0 Å². The van der Waals surface area contributed by atoms with Crippen LogP contribution < -0.4 is 11.5 Å². The molecular weight excluding hydrogens is 272 g/mol. The Balaban J connectivity index is 2.14. The van der Waals surface area contributed by atoms with Crippen LogP contribution in [-0.2, 0) is 4.74 Å². The maximum Gasteiger partial charge on any atom is 0.360 e. The fourth-order valence-electron chi connectivity index (χ4n) is 1.63. The molecule has 0 radical (unpaired) electrons. The molecule has 110 valence electrons. The van der Waals surface area contributed by atoms with E-state index in [2.05, 4.69) is 10.1 Å². The van der Waals surface area contributed by atoms with Crippen LogP contribution in [0, 0.1) is 0 Å². The SMILES string of the molecule is CCCOC(=O)c1cc(-c2ccc(N=C(N)N)cc2)on1. The van der Waals surface area contributed by atoms with Gasteiger partial charge in [-0.3, -0.25) is 0 Å². The van der Waals surface area contributed by atoms with Crippen LogP contribution in [0.1, 0.15) is 23.8 Å². The van der Waals surface area contributed by atoms with Crippen LogP contribution in [0.3, 0.4) is 0 Å². The first-order valence-corrected chi connectivity index (χ1v) is 6.44. The maximum absolute atomic E-state index is 11.6. The van der Waals surface area contributed by atoms with E-state index in [4.69, 9.17) is 20.7 Å². The number of esters is 1. The summed E-state index contributed by atoms with van der Waals surface area (Å²) < 4.78 is 10.1. The predicted molar refractivity (Wildman–Crippen MR) is 78.0 cm³/mol. The summed E-state index contributed by atoms with van der Waals surface area (Å²) in [6.45, 7) is 2.27. The first-order valence-electron chi connectivity index (χ1n) is 6.44. The summed E-state index contributed by atoms with van der Waals surface area (Å²) >= 11 is 0. The fourth-order valence-corrected chi connectivity index (χ4v) is 1.63. The molecule has 1 heterocycles. The lowest BCUT2D eigenvalue weighted by atomic mass is 10.1. The Kier molecular flexibility index (Phi) is 4.55. The lowest BCUT2D eigenvalue weighted by Crippen LogP contribution is -2.21. The minimum atomic E-state index is -0.496. The maximum atomic E-state index is 11.6. The molecule has 0 atom stereocenters. The zero-order valence-corrected chi connectivity index (χ0v) is 11.6. The molecule has 0 aliphatic carbocycles. The molecule has 21 heavy (non-hydrogen) atoms. The van der Waals surface area contributed by atoms with Crippen molar-refractivity contribution in [1.82, 2.24) is 5.16 Å². The van der Waals surface area contributed by atoms with Gasteiger partial charge in [0.2, 0.25) is 0 Å². The average Bonchev–Trinajstić information content (AvgIpc) is 2.95. The number of ether oxygens (including phenoxy) is 1. The van der Waals surface area contributed by atoms with Gasteiger partial charge in [-0.1, -0.05) is 12.1 Å². The standard InChI is InChI=1S/C14H16N4O3/c1-2-7-20-13(19)11-8-12(21-18-11)9-3-5-10(6-4-9)17-14(15)16/h3-6,8H,2,7H2,1H3,(H4,15,16,17). The molecule has 1 aromatic carbocycles. The number of nitrogens with two attached hydrogens (primary N) is 2. The number of rotatable bonds is 5. The van der Waals surface area contributed by atoms with Gasteiger partial charge in [0.05, 0.1) is 12.3 Å². The zero-order valence-electron chi connectivity index (χ0n) is 11.6. The number of aromatic nitrogens is 1. The largest absolute Gasteiger partial charge is 0.461 e. The Hall–Kier alpha value is -2.83. The normalized spacial score (nSPS) is 10.1. The number of hydrogen-bond acceptors (Lipinski definition) is 5.